The van der Waals surface area contributed by atoms with E-state index >= 15 is 0 Å². The molecular weight excluding hydrogens is 424 g/mol. The van der Waals surface area contributed by atoms with E-state index in [1.54, 1.807) is 37.4 Å². The second kappa shape index (κ2) is 11.5. The smallest absolute Gasteiger partial charge is 0.295 e. The Morgan fingerprint density at radius 1 is 1.06 bits per heavy atom. The van der Waals surface area contributed by atoms with Gasteiger partial charge in [-0.3, -0.25) is 14.6 Å². The molecule has 0 spiro atoms. The number of aliphatic hydroxyl groups is 1. The maximum atomic E-state index is 13.0. The van der Waals surface area contributed by atoms with E-state index < -0.39 is 17.7 Å². The van der Waals surface area contributed by atoms with Gasteiger partial charge < -0.3 is 24.2 Å². The minimum atomic E-state index is -0.770. The van der Waals surface area contributed by atoms with E-state index in [-0.39, 0.29) is 11.3 Å². The van der Waals surface area contributed by atoms with Gasteiger partial charge >= 0.3 is 0 Å². The summed E-state index contributed by atoms with van der Waals surface area (Å²) in [5.41, 5.74) is 1.09. The van der Waals surface area contributed by atoms with E-state index in [4.69, 9.17) is 14.2 Å². The fourth-order valence-electron chi connectivity index (χ4n) is 3.80. The Bertz CT molecular complexity index is 1010. The summed E-state index contributed by atoms with van der Waals surface area (Å²) in [6.07, 6.45) is 5.50. The maximum Gasteiger partial charge on any atom is 0.295 e. The number of hydrogen-bond donors (Lipinski definition) is 1. The molecule has 33 heavy (non-hydrogen) atoms. The predicted octanol–water partition coefficient (Wildman–Crippen LogP) is 3.73. The quantitative estimate of drug-likeness (QED) is 0.239. The second-order valence-electron chi connectivity index (χ2n) is 7.69. The molecule has 1 N–H and O–H groups in total. The van der Waals surface area contributed by atoms with Crippen LogP contribution in [-0.2, 0) is 14.3 Å². The Kier molecular flexibility index (Phi) is 8.43. The summed E-state index contributed by atoms with van der Waals surface area (Å²) in [6, 6.07) is 7.73. The average Bonchev–Trinajstić information content (AvgIpc) is 3.09. The maximum absolute atomic E-state index is 13.0. The van der Waals surface area contributed by atoms with Crippen molar-refractivity contribution in [3.8, 4) is 11.5 Å². The molecule has 1 amide bonds. The number of nitrogens with zero attached hydrogens (tertiary/aromatic N) is 2. The van der Waals surface area contributed by atoms with Gasteiger partial charge in [-0.1, -0.05) is 19.4 Å². The average molecular weight is 455 g/mol. The first kappa shape index (κ1) is 24.3. The highest BCUT2D eigenvalue weighted by Crippen LogP contribution is 2.42. The van der Waals surface area contributed by atoms with Crippen LogP contribution in [-0.4, -0.2) is 60.7 Å². The van der Waals surface area contributed by atoms with Crippen LogP contribution in [0.3, 0.4) is 0 Å². The highest BCUT2D eigenvalue weighted by molar-refractivity contribution is 6.46. The largest absolute Gasteiger partial charge is 0.507 e. The van der Waals surface area contributed by atoms with Gasteiger partial charge in [0.15, 0.2) is 11.5 Å². The van der Waals surface area contributed by atoms with Gasteiger partial charge in [-0.05, 0) is 42.7 Å². The van der Waals surface area contributed by atoms with Gasteiger partial charge in [0.2, 0.25) is 0 Å². The van der Waals surface area contributed by atoms with Gasteiger partial charge in [0.1, 0.15) is 5.76 Å². The Morgan fingerprint density at radius 3 is 2.48 bits per heavy atom. The number of aliphatic hydroxyl groups excluding tert-OH is 1. The number of unbranched alkanes of at least 4 members (excludes halogenated alkanes) is 1. The lowest BCUT2D eigenvalue weighted by Gasteiger charge is -2.26. The molecule has 3 rings (SSSR count). The van der Waals surface area contributed by atoms with Gasteiger partial charge in [-0.15, -0.1) is 0 Å². The normalized spacial score (nSPS) is 17.4. The fourth-order valence-corrected chi connectivity index (χ4v) is 3.80. The molecule has 176 valence electrons. The number of rotatable bonds is 11. The molecule has 8 nitrogen and oxygen atoms in total. The Hall–Kier alpha value is -3.39. The van der Waals surface area contributed by atoms with Gasteiger partial charge in [0, 0.05) is 38.2 Å². The third-order valence-electron chi connectivity index (χ3n) is 5.50. The number of ether oxygens (including phenoxy) is 3. The third kappa shape index (κ3) is 5.34. The summed E-state index contributed by atoms with van der Waals surface area (Å²) in [5, 5.41) is 11.0. The van der Waals surface area contributed by atoms with Crippen LogP contribution >= 0.6 is 0 Å². The van der Waals surface area contributed by atoms with Crippen LogP contribution in [0.25, 0.3) is 5.76 Å². The molecular formula is C25H30N2O6. The van der Waals surface area contributed by atoms with Gasteiger partial charge in [-0.25, -0.2) is 0 Å². The highest BCUT2D eigenvalue weighted by Gasteiger charge is 2.46. The first-order valence-corrected chi connectivity index (χ1v) is 11.0. The van der Waals surface area contributed by atoms with E-state index in [1.807, 2.05) is 0 Å². The van der Waals surface area contributed by atoms with Gasteiger partial charge in [0.25, 0.3) is 11.7 Å². The summed E-state index contributed by atoms with van der Waals surface area (Å²) in [7, 11) is 3.12. The molecule has 1 saturated heterocycles. The zero-order chi connectivity index (χ0) is 23.8. The molecule has 1 aromatic carbocycles. The number of likely N-dealkylation sites (tertiary alicyclic amines) is 1. The fraction of sp³-hybridized carbons (Fsp3) is 0.400. The van der Waals surface area contributed by atoms with Crippen molar-refractivity contribution >= 4 is 17.4 Å². The van der Waals surface area contributed by atoms with Crippen molar-refractivity contribution in [2.24, 2.45) is 0 Å². The predicted molar refractivity (Wildman–Crippen MR) is 123 cm³/mol. The van der Waals surface area contributed by atoms with E-state index in [9.17, 15) is 14.7 Å². The Balaban J connectivity index is 2.07. The minimum Gasteiger partial charge on any atom is -0.507 e. The van der Waals surface area contributed by atoms with Crippen molar-refractivity contribution in [2.75, 3.05) is 34.0 Å². The number of benzene rings is 1. The number of Topliss-reactive ketones (excluding diaryl/α,β-unsaturated/α-hetero) is 1. The number of pyridine rings is 1. The molecule has 1 aliphatic rings. The van der Waals surface area contributed by atoms with Crippen LogP contribution in [0.15, 0.2) is 48.3 Å². The number of methoxy groups -OCH3 is 2. The first-order chi connectivity index (χ1) is 16.0. The number of aromatic nitrogens is 1. The SMILES string of the molecule is CCCCOc1ccc(C2/C(=C(\O)c3ccncc3)C(=O)C(=O)N2CCCOC)cc1OC. The molecule has 0 aliphatic carbocycles. The van der Waals surface area contributed by atoms with Crippen molar-refractivity contribution in [3.63, 3.8) is 0 Å². The van der Waals surface area contributed by atoms with E-state index in [2.05, 4.69) is 11.9 Å². The summed E-state index contributed by atoms with van der Waals surface area (Å²) in [5.74, 6) is -0.546. The molecule has 1 aliphatic heterocycles. The molecule has 2 heterocycles. The van der Waals surface area contributed by atoms with Gasteiger partial charge in [0.05, 0.1) is 25.3 Å². The molecule has 1 atom stereocenters. The molecule has 1 unspecified atom stereocenters. The summed E-state index contributed by atoms with van der Waals surface area (Å²) >= 11 is 0. The number of ketones is 1. The lowest BCUT2D eigenvalue weighted by atomic mass is 9.95. The molecule has 2 aromatic rings. The van der Waals surface area contributed by atoms with E-state index in [1.165, 1.54) is 24.4 Å². The van der Waals surface area contributed by atoms with Crippen LogP contribution in [0, 0.1) is 0 Å². The lowest BCUT2D eigenvalue weighted by molar-refractivity contribution is -0.140. The molecule has 8 heteroatoms. The van der Waals surface area contributed by atoms with Crippen molar-refractivity contribution < 1.29 is 28.9 Å². The molecule has 0 radical (unpaired) electrons. The van der Waals surface area contributed by atoms with Crippen LogP contribution in [0.4, 0.5) is 0 Å². The van der Waals surface area contributed by atoms with E-state index in [0.29, 0.717) is 48.8 Å². The lowest BCUT2D eigenvalue weighted by Crippen LogP contribution is -2.31. The van der Waals surface area contributed by atoms with Crippen LogP contribution < -0.4 is 9.47 Å². The molecule has 1 aromatic heterocycles. The topological polar surface area (TPSA) is 98.2 Å². The zero-order valence-corrected chi connectivity index (χ0v) is 19.2. The molecule has 0 saturated carbocycles. The molecule has 0 bridgehead atoms. The van der Waals surface area contributed by atoms with Crippen molar-refractivity contribution in [1.82, 2.24) is 9.88 Å². The van der Waals surface area contributed by atoms with E-state index in [0.717, 1.165) is 12.8 Å². The van der Waals surface area contributed by atoms with Crippen molar-refractivity contribution in [3.05, 3.63) is 59.4 Å². The standard InChI is InChI=1S/C25H30N2O6/c1-4-5-15-33-19-8-7-18(16-20(19)32-3)22-21(23(28)17-9-11-26-12-10-17)24(29)25(30)27(22)13-6-14-31-2/h7-12,16,22,28H,4-6,13-15H2,1-3H3/b23-21+. The number of carbonyl (C=O) groups is 2. The summed E-state index contributed by atoms with van der Waals surface area (Å²) in [6.45, 7) is 3.38. The van der Waals surface area contributed by atoms with Crippen molar-refractivity contribution in [1.29, 1.82) is 0 Å². The van der Waals surface area contributed by atoms with Crippen molar-refractivity contribution in [2.45, 2.75) is 32.2 Å². The molecule has 1 fully saturated rings. The monoisotopic (exact) mass is 454 g/mol. The summed E-state index contributed by atoms with van der Waals surface area (Å²) in [4.78, 5) is 31.4. The first-order valence-electron chi connectivity index (χ1n) is 11.0. The van der Waals surface area contributed by atoms with Crippen LogP contribution in [0.5, 0.6) is 11.5 Å². The third-order valence-corrected chi connectivity index (χ3v) is 5.50. The zero-order valence-electron chi connectivity index (χ0n) is 19.2. The Morgan fingerprint density at radius 2 is 1.82 bits per heavy atom. The second-order valence-corrected chi connectivity index (χ2v) is 7.69. The number of hydrogen-bond acceptors (Lipinski definition) is 7. The van der Waals surface area contributed by atoms with Crippen LogP contribution in [0.2, 0.25) is 0 Å². The summed E-state index contributed by atoms with van der Waals surface area (Å²) < 4.78 is 16.5. The van der Waals surface area contributed by atoms with Crippen LogP contribution in [0.1, 0.15) is 43.4 Å². The number of amides is 1. The Labute approximate surface area is 193 Å². The van der Waals surface area contributed by atoms with Gasteiger partial charge in [-0.2, -0.15) is 0 Å². The highest BCUT2D eigenvalue weighted by atomic mass is 16.5. The number of carbonyl (C=O) groups excluding carboxylic acids is 2. The minimum absolute atomic E-state index is 0.0327.